The number of hydrogen-bond acceptors (Lipinski definition) is 4. The average Bonchev–Trinajstić information content (AvgIpc) is 2.64. The maximum atomic E-state index is 11.3. The van der Waals surface area contributed by atoms with Crippen LogP contribution in [0.5, 0.6) is 0 Å². The zero-order valence-electron chi connectivity index (χ0n) is 9.37. The predicted octanol–water partition coefficient (Wildman–Crippen LogP) is 1.81. The summed E-state index contributed by atoms with van der Waals surface area (Å²) in [6.45, 7) is 5.17. The Morgan fingerprint density at radius 2 is 2.00 bits per heavy atom. The lowest BCUT2D eigenvalue weighted by atomic mass is 10.2. The SMILES string of the molecule is CC(C)(C)OC(=O)C#CC(=O)c1ccco1. The molecule has 0 amide bonds. The summed E-state index contributed by atoms with van der Waals surface area (Å²) in [5.41, 5.74) is -0.612. The van der Waals surface area contributed by atoms with E-state index in [2.05, 4.69) is 11.8 Å². The van der Waals surface area contributed by atoms with E-state index < -0.39 is 17.4 Å². The first kappa shape index (κ1) is 12.1. The summed E-state index contributed by atoms with van der Waals surface area (Å²) in [6, 6.07) is 3.05. The summed E-state index contributed by atoms with van der Waals surface area (Å²) < 4.78 is 9.73. The van der Waals surface area contributed by atoms with Gasteiger partial charge in [0.15, 0.2) is 5.76 Å². The summed E-state index contributed by atoms with van der Waals surface area (Å²) in [5, 5.41) is 0. The van der Waals surface area contributed by atoms with E-state index in [1.54, 1.807) is 26.8 Å². The molecule has 1 aromatic heterocycles. The Labute approximate surface area is 93.6 Å². The van der Waals surface area contributed by atoms with Crippen molar-refractivity contribution < 1.29 is 18.7 Å². The molecular formula is C12H12O4. The standard InChI is InChI=1S/C12H12O4/c1-12(2,3)16-11(14)7-6-9(13)10-5-4-8-15-10/h4-5,8H,1-3H3. The molecule has 0 aliphatic heterocycles. The van der Waals surface area contributed by atoms with E-state index in [0.29, 0.717) is 0 Å². The molecule has 84 valence electrons. The number of furan rings is 1. The van der Waals surface area contributed by atoms with E-state index in [1.807, 2.05) is 0 Å². The molecule has 0 saturated heterocycles. The third kappa shape index (κ3) is 4.01. The molecule has 1 aromatic rings. The van der Waals surface area contributed by atoms with Crippen molar-refractivity contribution in [2.24, 2.45) is 0 Å². The third-order valence-corrected chi connectivity index (χ3v) is 1.42. The van der Waals surface area contributed by atoms with Crippen LogP contribution in [0.15, 0.2) is 22.8 Å². The number of carbonyl (C=O) groups is 2. The van der Waals surface area contributed by atoms with E-state index >= 15 is 0 Å². The van der Waals surface area contributed by atoms with Crippen LogP contribution in [0.1, 0.15) is 31.3 Å². The second-order valence-corrected chi connectivity index (χ2v) is 4.06. The van der Waals surface area contributed by atoms with Gasteiger partial charge in [-0.3, -0.25) is 4.79 Å². The molecule has 0 fully saturated rings. The monoisotopic (exact) mass is 220 g/mol. The number of esters is 1. The number of rotatable bonds is 1. The van der Waals surface area contributed by atoms with E-state index in [4.69, 9.17) is 9.15 Å². The van der Waals surface area contributed by atoms with Crippen molar-refractivity contribution in [1.82, 2.24) is 0 Å². The minimum Gasteiger partial charge on any atom is -0.460 e. The van der Waals surface area contributed by atoms with Crippen LogP contribution in [0.4, 0.5) is 0 Å². The van der Waals surface area contributed by atoms with Gasteiger partial charge in [-0.1, -0.05) is 0 Å². The van der Waals surface area contributed by atoms with Gasteiger partial charge in [-0.2, -0.15) is 0 Å². The molecule has 4 nitrogen and oxygen atoms in total. The van der Waals surface area contributed by atoms with Crippen molar-refractivity contribution >= 4 is 11.8 Å². The van der Waals surface area contributed by atoms with Crippen LogP contribution in [-0.4, -0.2) is 17.4 Å². The van der Waals surface area contributed by atoms with Gasteiger partial charge in [-0.05, 0) is 38.8 Å². The van der Waals surface area contributed by atoms with Gasteiger partial charge in [0.25, 0.3) is 5.78 Å². The summed E-state index contributed by atoms with van der Waals surface area (Å²) >= 11 is 0. The molecule has 16 heavy (non-hydrogen) atoms. The first-order valence-electron chi connectivity index (χ1n) is 4.71. The van der Waals surface area contributed by atoms with Crippen molar-refractivity contribution in [1.29, 1.82) is 0 Å². The molecule has 4 heteroatoms. The Bertz CT molecular complexity index is 438. The van der Waals surface area contributed by atoms with E-state index in [0.717, 1.165) is 0 Å². The summed E-state index contributed by atoms with van der Waals surface area (Å²) in [5.74, 6) is 3.09. The summed E-state index contributed by atoms with van der Waals surface area (Å²) in [4.78, 5) is 22.5. The van der Waals surface area contributed by atoms with Crippen molar-refractivity contribution in [2.45, 2.75) is 26.4 Å². The molecule has 1 heterocycles. The molecular weight excluding hydrogens is 208 g/mol. The zero-order chi connectivity index (χ0) is 12.2. The highest BCUT2D eigenvalue weighted by Crippen LogP contribution is 2.06. The lowest BCUT2D eigenvalue weighted by Gasteiger charge is -2.16. The van der Waals surface area contributed by atoms with Gasteiger partial charge in [-0.15, -0.1) is 0 Å². The Morgan fingerprint density at radius 1 is 1.31 bits per heavy atom. The Kier molecular flexibility index (Phi) is 3.51. The molecule has 0 aliphatic carbocycles. The Hall–Kier alpha value is -2.02. The minimum absolute atomic E-state index is 0.107. The fourth-order valence-corrected chi connectivity index (χ4v) is 0.881. The third-order valence-electron chi connectivity index (χ3n) is 1.42. The molecule has 0 bridgehead atoms. The van der Waals surface area contributed by atoms with Crippen molar-refractivity contribution in [3.63, 3.8) is 0 Å². The van der Waals surface area contributed by atoms with Gasteiger partial charge < -0.3 is 9.15 Å². The minimum atomic E-state index is -0.729. The van der Waals surface area contributed by atoms with Crippen molar-refractivity contribution in [3.05, 3.63) is 24.2 Å². The van der Waals surface area contributed by atoms with Gasteiger partial charge >= 0.3 is 5.97 Å². The quantitative estimate of drug-likeness (QED) is 0.238. The highest BCUT2D eigenvalue weighted by Gasteiger charge is 2.14. The lowest BCUT2D eigenvalue weighted by molar-refractivity contribution is -0.147. The summed E-state index contributed by atoms with van der Waals surface area (Å²) in [7, 11) is 0. The van der Waals surface area contributed by atoms with Crippen molar-refractivity contribution in [3.8, 4) is 11.8 Å². The van der Waals surface area contributed by atoms with Gasteiger partial charge in [0.2, 0.25) is 0 Å². The van der Waals surface area contributed by atoms with Crippen molar-refractivity contribution in [2.75, 3.05) is 0 Å². The molecule has 0 saturated carbocycles. The molecule has 0 N–H and O–H groups in total. The number of Topliss-reactive ketones (excluding diaryl/α,β-unsaturated/α-hetero) is 1. The molecule has 1 rings (SSSR count). The number of carbonyl (C=O) groups excluding carboxylic acids is 2. The van der Waals surface area contributed by atoms with Gasteiger partial charge in [0.05, 0.1) is 6.26 Å². The van der Waals surface area contributed by atoms with Crippen LogP contribution in [0.3, 0.4) is 0 Å². The van der Waals surface area contributed by atoms with Gasteiger partial charge in [0, 0.05) is 5.92 Å². The second-order valence-electron chi connectivity index (χ2n) is 4.06. The molecule has 0 unspecified atom stereocenters. The van der Waals surface area contributed by atoms with Crippen LogP contribution < -0.4 is 0 Å². The smallest absolute Gasteiger partial charge is 0.385 e. The van der Waals surface area contributed by atoms with E-state index in [1.165, 1.54) is 12.3 Å². The van der Waals surface area contributed by atoms with Crippen LogP contribution in [-0.2, 0) is 9.53 Å². The Balaban J connectivity index is 2.62. The molecule has 0 spiro atoms. The van der Waals surface area contributed by atoms with E-state index in [-0.39, 0.29) is 5.76 Å². The second kappa shape index (κ2) is 4.67. The molecule has 0 radical (unpaired) electrons. The first-order valence-corrected chi connectivity index (χ1v) is 4.71. The maximum absolute atomic E-state index is 11.3. The van der Waals surface area contributed by atoms with Gasteiger partial charge in [-0.25, -0.2) is 4.79 Å². The summed E-state index contributed by atoms with van der Waals surface area (Å²) in [6.07, 6.45) is 1.36. The highest BCUT2D eigenvalue weighted by atomic mass is 16.6. The highest BCUT2D eigenvalue weighted by molar-refractivity contribution is 6.10. The topological polar surface area (TPSA) is 56.5 Å². The molecule has 0 aromatic carbocycles. The number of hydrogen-bond donors (Lipinski definition) is 0. The predicted molar refractivity (Wildman–Crippen MR) is 56.7 cm³/mol. The zero-order valence-corrected chi connectivity index (χ0v) is 9.37. The largest absolute Gasteiger partial charge is 0.460 e. The number of ether oxygens (including phenoxy) is 1. The average molecular weight is 220 g/mol. The lowest BCUT2D eigenvalue weighted by Crippen LogP contribution is -2.22. The van der Waals surface area contributed by atoms with Crippen LogP contribution in [0.25, 0.3) is 0 Å². The van der Waals surface area contributed by atoms with Crippen LogP contribution in [0.2, 0.25) is 0 Å². The first-order chi connectivity index (χ1) is 7.38. The normalized spacial score (nSPS) is 10.2. The van der Waals surface area contributed by atoms with Crippen LogP contribution >= 0.6 is 0 Å². The molecule has 0 aliphatic rings. The molecule has 0 atom stereocenters. The van der Waals surface area contributed by atoms with Crippen LogP contribution in [0, 0.1) is 11.8 Å². The maximum Gasteiger partial charge on any atom is 0.385 e. The number of ketones is 1. The van der Waals surface area contributed by atoms with E-state index in [9.17, 15) is 9.59 Å². The van der Waals surface area contributed by atoms with Gasteiger partial charge in [0.1, 0.15) is 5.60 Å². The fourth-order valence-electron chi connectivity index (χ4n) is 0.881. The fraction of sp³-hybridized carbons (Fsp3) is 0.333. The Morgan fingerprint density at radius 3 is 2.50 bits per heavy atom.